The van der Waals surface area contributed by atoms with Crippen LogP contribution in [0.25, 0.3) is 5.57 Å². The predicted molar refractivity (Wildman–Crippen MR) is 115 cm³/mol. The van der Waals surface area contributed by atoms with Crippen molar-refractivity contribution in [3.63, 3.8) is 0 Å². The third kappa shape index (κ3) is 4.20. The lowest BCUT2D eigenvalue weighted by molar-refractivity contribution is -0.151. The van der Waals surface area contributed by atoms with Gasteiger partial charge in [-0.2, -0.15) is 0 Å². The number of carbonyl (C=O) groups is 2. The Hall–Kier alpha value is -2.40. The lowest BCUT2D eigenvalue weighted by atomic mass is 9.74. The zero-order valence-corrected chi connectivity index (χ0v) is 17.5. The van der Waals surface area contributed by atoms with Crippen molar-refractivity contribution in [1.29, 1.82) is 0 Å². The van der Waals surface area contributed by atoms with Crippen LogP contribution < -0.4 is 4.90 Å². The second-order valence-corrected chi connectivity index (χ2v) is 7.80. The van der Waals surface area contributed by atoms with Gasteiger partial charge in [0.25, 0.3) is 0 Å². The average molecular weight is 398 g/mol. The third-order valence-corrected chi connectivity index (χ3v) is 6.24. The number of carbonyl (C=O) groups excluding carboxylic acids is 2. The SMILES string of the molecule is CCOC(=O)[C@H]1C(=O)C=C(c2cccs2)C[C@H]1c1ccc(N(CC)CC)cc1. The number of anilines is 1. The quantitative estimate of drug-likeness (QED) is 0.492. The molecule has 4 nitrogen and oxygen atoms in total. The molecule has 1 aromatic carbocycles. The van der Waals surface area contributed by atoms with Gasteiger partial charge in [-0.15, -0.1) is 11.3 Å². The Balaban J connectivity index is 1.95. The molecule has 0 radical (unpaired) electrons. The molecule has 3 rings (SSSR count). The zero-order valence-electron chi connectivity index (χ0n) is 16.7. The molecule has 0 aliphatic heterocycles. The van der Waals surface area contributed by atoms with Gasteiger partial charge in [0.05, 0.1) is 6.61 Å². The van der Waals surface area contributed by atoms with Crippen LogP contribution in [0.1, 0.15) is 43.6 Å². The summed E-state index contributed by atoms with van der Waals surface area (Å²) in [5.41, 5.74) is 3.15. The molecule has 28 heavy (non-hydrogen) atoms. The van der Waals surface area contributed by atoms with Crippen LogP contribution in [-0.4, -0.2) is 31.4 Å². The molecule has 1 aromatic heterocycles. The van der Waals surface area contributed by atoms with E-state index in [1.54, 1.807) is 24.3 Å². The van der Waals surface area contributed by atoms with Crippen LogP contribution in [0.5, 0.6) is 0 Å². The number of nitrogens with zero attached hydrogens (tertiary/aromatic N) is 1. The summed E-state index contributed by atoms with van der Waals surface area (Å²) in [4.78, 5) is 28.8. The molecule has 1 aliphatic carbocycles. The van der Waals surface area contributed by atoms with E-state index in [0.29, 0.717) is 6.42 Å². The maximum absolute atomic E-state index is 12.9. The van der Waals surface area contributed by atoms with Gasteiger partial charge < -0.3 is 9.64 Å². The fraction of sp³-hybridized carbons (Fsp3) is 0.391. The first-order valence-electron chi connectivity index (χ1n) is 9.88. The van der Waals surface area contributed by atoms with Gasteiger partial charge in [-0.25, -0.2) is 0 Å². The highest BCUT2D eigenvalue weighted by molar-refractivity contribution is 7.11. The van der Waals surface area contributed by atoms with E-state index in [1.807, 2.05) is 17.5 Å². The Bertz CT molecular complexity index is 835. The first-order chi connectivity index (χ1) is 13.6. The number of hydrogen-bond donors (Lipinski definition) is 0. The number of thiophene rings is 1. The molecule has 1 aliphatic rings. The molecule has 0 saturated heterocycles. The first-order valence-corrected chi connectivity index (χ1v) is 10.8. The normalized spacial score (nSPS) is 19.2. The molecular weight excluding hydrogens is 370 g/mol. The molecule has 0 saturated carbocycles. The average Bonchev–Trinajstić information content (AvgIpc) is 3.24. The van der Waals surface area contributed by atoms with Gasteiger partial charge in [0.1, 0.15) is 5.92 Å². The Kier molecular flexibility index (Phi) is 6.68. The lowest BCUT2D eigenvalue weighted by Gasteiger charge is -2.29. The summed E-state index contributed by atoms with van der Waals surface area (Å²) in [5, 5.41) is 2.01. The molecular formula is C23H27NO3S. The summed E-state index contributed by atoms with van der Waals surface area (Å²) in [6.07, 6.45) is 2.29. The van der Waals surface area contributed by atoms with Crippen molar-refractivity contribution in [2.75, 3.05) is 24.6 Å². The van der Waals surface area contributed by atoms with Crippen LogP contribution in [0.15, 0.2) is 47.9 Å². The van der Waals surface area contributed by atoms with Crippen LogP contribution >= 0.6 is 11.3 Å². The summed E-state index contributed by atoms with van der Waals surface area (Å²) < 4.78 is 5.23. The van der Waals surface area contributed by atoms with Gasteiger partial charge in [-0.3, -0.25) is 9.59 Å². The number of allylic oxidation sites excluding steroid dienone is 2. The van der Waals surface area contributed by atoms with Gasteiger partial charge in [0.15, 0.2) is 5.78 Å². The van der Waals surface area contributed by atoms with Crippen molar-refractivity contribution in [2.24, 2.45) is 5.92 Å². The summed E-state index contributed by atoms with van der Waals surface area (Å²) in [7, 11) is 0. The maximum atomic E-state index is 12.9. The van der Waals surface area contributed by atoms with Crippen molar-refractivity contribution in [3.05, 3.63) is 58.3 Å². The Morgan fingerprint density at radius 2 is 1.86 bits per heavy atom. The minimum Gasteiger partial charge on any atom is -0.465 e. The summed E-state index contributed by atoms with van der Waals surface area (Å²) in [6, 6.07) is 12.3. The van der Waals surface area contributed by atoms with Crippen molar-refractivity contribution >= 4 is 34.3 Å². The summed E-state index contributed by atoms with van der Waals surface area (Å²) >= 11 is 1.62. The second-order valence-electron chi connectivity index (χ2n) is 6.85. The van der Waals surface area contributed by atoms with Gasteiger partial charge in [-0.1, -0.05) is 18.2 Å². The topological polar surface area (TPSA) is 46.6 Å². The molecule has 0 amide bonds. The molecule has 0 unspecified atom stereocenters. The standard InChI is InChI=1S/C23H27NO3S/c1-4-24(5-2)18-11-9-16(10-12-18)19-14-17(21-8-7-13-28-21)15-20(25)22(19)23(26)27-6-3/h7-13,15,19,22H,4-6,14H2,1-3H3/t19-,22+/m0/s1. The van der Waals surface area contributed by atoms with Crippen LogP contribution in [0.4, 0.5) is 5.69 Å². The molecule has 0 spiro atoms. The van der Waals surface area contributed by atoms with Crippen molar-refractivity contribution in [3.8, 4) is 0 Å². The molecule has 2 aromatic rings. The van der Waals surface area contributed by atoms with E-state index in [0.717, 1.165) is 34.8 Å². The zero-order chi connectivity index (χ0) is 20.1. The van der Waals surface area contributed by atoms with Crippen LogP contribution in [0, 0.1) is 5.92 Å². The van der Waals surface area contributed by atoms with Crippen molar-refractivity contribution in [2.45, 2.75) is 33.1 Å². The Morgan fingerprint density at radius 1 is 1.14 bits per heavy atom. The fourth-order valence-electron chi connectivity index (χ4n) is 3.85. The molecule has 1 heterocycles. The van der Waals surface area contributed by atoms with E-state index < -0.39 is 11.9 Å². The Morgan fingerprint density at radius 3 is 2.43 bits per heavy atom. The minimum absolute atomic E-state index is 0.161. The number of ether oxygens (including phenoxy) is 1. The number of benzene rings is 1. The van der Waals surface area contributed by atoms with E-state index in [2.05, 4.69) is 43.0 Å². The van der Waals surface area contributed by atoms with Crippen molar-refractivity contribution < 1.29 is 14.3 Å². The number of hydrogen-bond acceptors (Lipinski definition) is 5. The third-order valence-electron chi connectivity index (χ3n) is 5.29. The largest absolute Gasteiger partial charge is 0.465 e. The van der Waals surface area contributed by atoms with E-state index in [9.17, 15) is 9.59 Å². The minimum atomic E-state index is -0.775. The molecule has 0 N–H and O–H groups in total. The van der Waals surface area contributed by atoms with E-state index >= 15 is 0 Å². The molecule has 0 fully saturated rings. The first kappa shape index (κ1) is 20.3. The molecule has 5 heteroatoms. The van der Waals surface area contributed by atoms with E-state index in [-0.39, 0.29) is 18.3 Å². The fourth-order valence-corrected chi connectivity index (χ4v) is 4.60. The van der Waals surface area contributed by atoms with Crippen LogP contribution in [0.3, 0.4) is 0 Å². The van der Waals surface area contributed by atoms with Gasteiger partial charge >= 0.3 is 5.97 Å². The van der Waals surface area contributed by atoms with E-state index in [4.69, 9.17) is 4.74 Å². The molecule has 0 bridgehead atoms. The van der Waals surface area contributed by atoms with Crippen LogP contribution in [-0.2, 0) is 14.3 Å². The number of rotatable bonds is 7. The van der Waals surface area contributed by atoms with Gasteiger partial charge in [0, 0.05) is 29.6 Å². The summed E-state index contributed by atoms with van der Waals surface area (Å²) in [5.74, 6) is -1.57. The highest BCUT2D eigenvalue weighted by atomic mass is 32.1. The second kappa shape index (κ2) is 9.20. The predicted octanol–water partition coefficient (Wildman–Crippen LogP) is 4.91. The van der Waals surface area contributed by atoms with Gasteiger partial charge in [-0.05, 0) is 68.0 Å². The van der Waals surface area contributed by atoms with Crippen LogP contribution in [0.2, 0.25) is 0 Å². The lowest BCUT2D eigenvalue weighted by Crippen LogP contribution is -2.34. The number of ketones is 1. The molecule has 2 atom stereocenters. The highest BCUT2D eigenvalue weighted by Gasteiger charge is 2.39. The smallest absolute Gasteiger partial charge is 0.317 e. The van der Waals surface area contributed by atoms with E-state index in [1.165, 1.54) is 0 Å². The van der Waals surface area contributed by atoms with Gasteiger partial charge in [0.2, 0.25) is 0 Å². The molecule has 148 valence electrons. The summed E-state index contributed by atoms with van der Waals surface area (Å²) in [6.45, 7) is 8.19. The van der Waals surface area contributed by atoms with Crippen molar-refractivity contribution in [1.82, 2.24) is 0 Å². The maximum Gasteiger partial charge on any atom is 0.317 e. The Labute approximate surface area is 170 Å². The number of esters is 1. The monoisotopic (exact) mass is 397 g/mol. The highest BCUT2D eigenvalue weighted by Crippen LogP contribution is 2.41.